The van der Waals surface area contributed by atoms with Gasteiger partial charge in [-0.05, 0) is 40.3 Å². The third-order valence-corrected chi connectivity index (χ3v) is 2.71. The van der Waals surface area contributed by atoms with Crippen molar-refractivity contribution in [1.29, 1.82) is 0 Å². The number of rotatable bonds is 3. The smallest absolute Gasteiger partial charge is 0.151 e. The Labute approximate surface area is 94.4 Å². The lowest BCUT2D eigenvalue weighted by Crippen LogP contribution is -2.04. The second kappa shape index (κ2) is 4.91. The first-order chi connectivity index (χ1) is 6.13. The summed E-state index contributed by atoms with van der Waals surface area (Å²) >= 11 is 7.23. The highest BCUT2D eigenvalue weighted by molar-refractivity contribution is 14.1. The van der Waals surface area contributed by atoms with Crippen molar-refractivity contribution in [1.82, 2.24) is 0 Å². The molecule has 1 aromatic rings. The molecule has 1 aromatic carbocycles. The third-order valence-electron chi connectivity index (χ3n) is 1.53. The molecule has 0 fully saturated rings. The molecule has 1 rings (SSSR count). The van der Waals surface area contributed by atoms with E-state index < -0.39 is 0 Å². The maximum absolute atomic E-state index is 13.0. The number of hydrogen-bond acceptors (Lipinski definition) is 1. The minimum Gasteiger partial charge on any atom is -0.298 e. The van der Waals surface area contributed by atoms with Crippen molar-refractivity contribution in [2.45, 2.75) is 6.42 Å². The lowest BCUT2D eigenvalue weighted by Gasteiger charge is -1.99. The van der Waals surface area contributed by atoms with Gasteiger partial charge in [0.2, 0.25) is 0 Å². The van der Waals surface area contributed by atoms with Gasteiger partial charge in [-0.1, -0.05) is 6.07 Å². The lowest BCUT2D eigenvalue weighted by molar-refractivity contribution is -0.116. The van der Waals surface area contributed by atoms with Crippen molar-refractivity contribution < 1.29 is 9.18 Å². The van der Waals surface area contributed by atoms with E-state index in [4.69, 9.17) is 11.6 Å². The molecule has 0 radical (unpaired) electrons. The van der Waals surface area contributed by atoms with Crippen LogP contribution in [0.5, 0.6) is 0 Å². The summed E-state index contributed by atoms with van der Waals surface area (Å²) in [7, 11) is 0. The second-order valence-electron chi connectivity index (χ2n) is 2.60. The van der Waals surface area contributed by atoms with E-state index in [1.807, 2.05) is 22.6 Å². The highest BCUT2D eigenvalue weighted by Crippen LogP contribution is 2.13. The first-order valence-corrected chi connectivity index (χ1v) is 5.26. The topological polar surface area (TPSA) is 17.1 Å². The van der Waals surface area contributed by atoms with Crippen LogP contribution < -0.4 is 0 Å². The third kappa shape index (κ3) is 3.23. The highest BCUT2D eigenvalue weighted by atomic mass is 127. The molecule has 0 heterocycles. The van der Waals surface area contributed by atoms with E-state index in [1.54, 1.807) is 12.1 Å². The van der Waals surface area contributed by atoms with Crippen LogP contribution in [-0.2, 0) is 11.2 Å². The standard InChI is InChI=1S/C9H7ClFIO/c10-5-7(13)3-6-1-2-9(12)8(11)4-6/h1-2,4H,3,5H2. The molecule has 0 aliphatic rings. The number of hydrogen-bond donors (Lipinski definition) is 0. The average Bonchev–Trinajstić information content (AvgIpc) is 2.11. The molecule has 0 N–H and O–H groups in total. The van der Waals surface area contributed by atoms with Crippen molar-refractivity contribution in [2.24, 2.45) is 0 Å². The average molecular weight is 313 g/mol. The molecule has 0 saturated heterocycles. The Kier molecular flexibility index (Phi) is 4.12. The number of carbonyl (C=O) groups excluding carboxylic acids is 1. The molecule has 0 saturated carbocycles. The van der Waals surface area contributed by atoms with Gasteiger partial charge < -0.3 is 0 Å². The Morgan fingerprint density at radius 1 is 1.54 bits per heavy atom. The van der Waals surface area contributed by atoms with Crippen LogP contribution in [-0.4, -0.2) is 11.7 Å². The minimum atomic E-state index is -0.291. The fourth-order valence-corrected chi connectivity index (χ4v) is 1.35. The molecule has 0 aromatic heterocycles. The molecule has 0 aliphatic carbocycles. The summed E-state index contributed by atoms with van der Waals surface area (Å²) in [6.45, 7) is 0. The Morgan fingerprint density at radius 2 is 2.23 bits per heavy atom. The van der Waals surface area contributed by atoms with Crippen molar-refractivity contribution in [3.8, 4) is 0 Å². The Morgan fingerprint density at radius 3 is 2.77 bits per heavy atom. The molecule has 0 atom stereocenters. The van der Waals surface area contributed by atoms with E-state index in [1.165, 1.54) is 6.07 Å². The monoisotopic (exact) mass is 312 g/mol. The van der Waals surface area contributed by atoms with Crippen molar-refractivity contribution >= 4 is 40.0 Å². The number of carbonyl (C=O) groups is 1. The predicted octanol–water partition coefficient (Wildman–Crippen LogP) is 2.78. The lowest BCUT2D eigenvalue weighted by atomic mass is 10.1. The van der Waals surface area contributed by atoms with E-state index in [2.05, 4.69) is 0 Å². The van der Waals surface area contributed by atoms with Gasteiger partial charge in [0, 0.05) is 9.99 Å². The second-order valence-corrected chi connectivity index (χ2v) is 4.03. The molecule has 0 unspecified atom stereocenters. The molecule has 1 nitrogen and oxygen atoms in total. The van der Waals surface area contributed by atoms with Gasteiger partial charge in [-0.15, -0.1) is 11.6 Å². The van der Waals surface area contributed by atoms with E-state index in [0.29, 0.717) is 9.13 Å². The first-order valence-electron chi connectivity index (χ1n) is 3.65. The van der Waals surface area contributed by atoms with Gasteiger partial charge in [-0.2, -0.15) is 0 Å². The van der Waals surface area contributed by atoms with Crippen LogP contribution in [0, 0.1) is 9.39 Å². The summed E-state index contributed by atoms with van der Waals surface area (Å²) < 4.78 is 13.5. The summed E-state index contributed by atoms with van der Waals surface area (Å²) in [5, 5.41) is 0. The number of alkyl halides is 1. The quantitative estimate of drug-likeness (QED) is 0.619. The number of benzene rings is 1. The Balaban J connectivity index is 2.79. The van der Waals surface area contributed by atoms with Gasteiger partial charge in [-0.3, -0.25) is 4.79 Å². The largest absolute Gasteiger partial charge is 0.298 e. The Bertz CT molecular complexity index is 327. The van der Waals surface area contributed by atoms with Crippen LogP contribution in [0.3, 0.4) is 0 Å². The van der Waals surface area contributed by atoms with Crippen molar-refractivity contribution in [3.05, 3.63) is 33.1 Å². The normalized spacial score (nSPS) is 10.1. The van der Waals surface area contributed by atoms with Crippen molar-refractivity contribution in [2.75, 3.05) is 5.88 Å². The zero-order valence-corrected chi connectivity index (χ0v) is 9.60. The molecular formula is C9H7ClFIO. The highest BCUT2D eigenvalue weighted by Gasteiger charge is 2.04. The summed E-state index contributed by atoms with van der Waals surface area (Å²) in [6, 6.07) is 4.74. The molecule has 4 heteroatoms. The molecule has 0 spiro atoms. The summed E-state index contributed by atoms with van der Waals surface area (Å²) in [4.78, 5) is 10.9. The van der Waals surface area contributed by atoms with E-state index >= 15 is 0 Å². The van der Waals surface area contributed by atoms with Crippen LogP contribution in [0.2, 0.25) is 0 Å². The summed E-state index contributed by atoms with van der Waals surface area (Å²) in [5.41, 5.74) is 0.670. The fraction of sp³-hybridized carbons (Fsp3) is 0.222. The molecular weight excluding hydrogens is 305 g/mol. The molecule has 70 valence electrons. The first kappa shape index (κ1) is 10.9. The van der Waals surface area contributed by atoms with Gasteiger partial charge >= 0.3 is 0 Å². The van der Waals surface area contributed by atoms with E-state index in [0.717, 1.165) is 0 Å². The molecule has 0 bridgehead atoms. The van der Waals surface area contributed by atoms with Crippen LogP contribution in [0.15, 0.2) is 18.2 Å². The SMILES string of the molecule is O=C(CCl)Cc1ccc(I)c(F)c1. The van der Waals surface area contributed by atoms with Crippen LogP contribution >= 0.6 is 34.2 Å². The van der Waals surface area contributed by atoms with Gasteiger partial charge in [0.15, 0.2) is 5.78 Å². The maximum atomic E-state index is 13.0. The molecule has 0 amide bonds. The van der Waals surface area contributed by atoms with Gasteiger partial charge in [0.05, 0.1) is 5.88 Å². The van der Waals surface area contributed by atoms with Crippen LogP contribution in [0.25, 0.3) is 0 Å². The van der Waals surface area contributed by atoms with E-state index in [9.17, 15) is 9.18 Å². The van der Waals surface area contributed by atoms with Crippen LogP contribution in [0.1, 0.15) is 5.56 Å². The molecule has 13 heavy (non-hydrogen) atoms. The minimum absolute atomic E-state index is 0.0202. The summed E-state index contributed by atoms with van der Waals surface area (Å²) in [6.07, 6.45) is 0.206. The van der Waals surface area contributed by atoms with Crippen LogP contribution in [0.4, 0.5) is 4.39 Å². The maximum Gasteiger partial charge on any atom is 0.151 e. The van der Waals surface area contributed by atoms with Gasteiger partial charge in [0.25, 0.3) is 0 Å². The zero-order chi connectivity index (χ0) is 9.84. The zero-order valence-electron chi connectivity index (χ0n) is 6.69. The molecule has 0 aliphatic heterocycles. The van der Waals surface area contributed by atoms with Gasteiger partial charge in [-0.25, -0.2) is 4.39 Å². The van der Waals surface area contributed by atoms with Gasteiger partial charge in [0.1, 0.15) is 5.82 Å². The number of Topliss-reactive ketones (excluding diaryl/α,β-unsaturated/α-hetero) is 1. The van der Waals surface area contributed by atoms with Crippen molar-refractivity contribution in [3.63, 3.8) is 0 Å². The number of ketones is 1. The Hall–Kier alpha value is -0.160. The number of halogens is 3. The summed E-state index contributed by atoms with van der Waals surface area (Å²) in [5.74, 6) is -0.407. The predicted molar refractivity (Wildman–Crippen MR) is 58.5 cm³/mol. The fourth-order valence-electron chi connectivity index (χ4n) is 0.925. The van der Waals surface area contributed by atoms with E-state index in [-0.39, 0.29) is 23.9 Å².